The van der Waals surface area contributed by atoms with E-state index < -0.39 is 0 Å². The van der Waals surface area contributed by atoms with Crippen LogP contribution in [0.15, 0.2) is 12.5 Å². The number of hydrogen-bond acceptors (Lipinski definition) is 3. The van der Waals surface area contributed by atoms with Crippen LogP contribution in [-0.4, -0.2) is 22.8 Å². The molecule has 0 saturated carbocycles. The molecular weight excluding hydrogens is 142 g/mol. The van der Waals surface area contributed by atoms with Crippen molar-refractivity contribution in [1.82, 2.24) is 15.3 Å². The van der Waals surface area contributed by atoms with Gasteiger partial charge in [-0.2, -0.15) is 0 Å². The molecule has 4 nitrogen and oxygen atoms in total. The summed E-state index contributed by atoms with van der Waals surface area (Å²) in [5.74, 6) is 0.0803. The molecule has 4 heteroatoms. The van der Waals surface area contributed by atoms with Gasteiger partial charge in [0.25, 0.3) is 0 Å². The van der Waals surface area contributed by atoms with Gasteiger partial charge in [0.2, 0.25) is 0 Å². The van der Waals surface area contributed by atoms with Gasteiger partial charge < -0.3 is 10.3 Å². The van der Waals surface area contributed by atoms with Gasteiger partial charge in [-0.1, -0.05) is 0 Å². The van der Waals surface area contributed by atoms with Crippen molar-refractivity contribution in [3.05, 3.63) is 18.2 Å². The second kappa shape index (κ2) is 3.30. The number of nitrogens with one attached hydrogen (secondary N) is 2. The summed E-state index contributed by atoms with van der Waals surface area (Å²) in [7, 11) is 1.74. The van der Waals surface area contributed by atoms with Crippen LogP contribution in [0.4, 0.5) is 0 Å². The zero-order chi connectivity index (χ0) is 8.27. The molecule has 0 aromatic carbocycles. The number of carbonyl (C=O) groups excluding carboxylic acids is 1. The highest BCUT2D eigenvalue weighted by atomic mass is 16.1. The molecule has 1 rings (SSSR count). The summed E-state index contributed by atoms with van der Waals surface area (Å²) in [5, 5.41) is 2.88. The largest absolute Gasteiger partial charge is 0.347 e. The molecule has 0 fully saturated rings. The number of aromatic amines is 1. The van der Waals surface area contributed by atoms with Crippen molar-refractivity contribution in [1.29, 1.82) is 0 Å². The maximum atomic E-state index is 11.0. The number of likely N-dealkylation sites (N-methyl/N-ethyl adjacent to an activating group) is 1. The van der Waals surface area contributed by atoms with E-state index in [-0.39, 0.29) is 11.8 Å². The topological polar surface area (TPSA) is 57.8 Å². The predicted molar refractivity (Wildman–Crippen MR) is 41.1 cm³/mol. The minimum atomic E-state index is -0.252. The summed E-state index contributed by atoms with van der Waals surface area (Å²) in [6.45, 7) is 1.54. The van der Waals surface area contributed by atoms with Crippen LogP contribution in [0.3, 0.4) is 0 Å². The van der Waals surface area contributed by atoms with Crippen molar-refractivity contribution in [3.63, 3.8) is 0 Å². The van der Waals surface area contributed by atoms with Gasteiger partial charge in [0.15, 0.2) is 5.78 Å². The van der Waals surface area contributed by atoms with Gasteiger partial charge in [0.1, 0.15) is 6.04 Å². The Morgan fingerprint density at radius 3 is 2.91 bits per heavy atom. The number of rotatable bonds is 3. The molecule has 0 aliphatic heterocycles. The molecule has 0 aliphatic carbocycles. The SMILES string of the molecule is CNC(C(C)=O)c1cnc[nH]1. The van der Waals surface area contributed by atoms with Crippen molar-refractivity contribution < 1.29 is 4.79 Å². The summed E-state index contributed by atoms with van der Waals surface area (Å²) in [5.41, 5.74) is 0.806. The highest BCUT2D eigenvalue weighted by Crippen LogP contribution is 2.07. The molecule has 1 aromatic rings. The molecule has 0 radical (unpaired) electrons. The van der Waals surface area contributed by atoms with Crippen LogP contribution in [-0.2, 0) is 4.79 Å². The zero-order valence-corrected chi connectivity index (χ0v) is 6.59. The molecule has 0 bridgehead atoms. The van der Waals surface area contributed by atoms with Crippen molar-refractivity contribution >= 4 is 5.78 Å². The quantitative estimate of drug-likeness (QED) is 0.654. The molecule has 1 heterocycles. The lowest BCUT2D eigenvalue weighted by Crippen LogP contribution is -2.23. The molecule has 0 amide bonds. The third-order valence-corrected chi connectivity index (χ3v) is 1.53. The summed E-state index contributed by atoms with van der Waals surface area (Å²) >= 11 is 0. The van der Waals surface area contributed by atoms with E-state index in [1.165, 1.54) is 0 Å². The van der Waals surface area contributed by atoms with Crippen LogP contribution in [0.5, 0.6) is 0 Å². The Balaban J connectivity index is 2.79. The Morgan fingerprint density at radius 1 is 1.82 bits per heavy atom. The number of aromatic nitrogens is 2. The molecule has 0 spiro atoms. The third kappa shape index (κ3) is 1.65. The van der Waals surface area contributed by atoms with Crippen LogP contribution in [0.25, 0.3) is 0 Å². The number of hydrogen-bond donors (Lipinski definition) is 2. The molecule has 2 N–H and O–H groups in total. The highest BCUT2D eigenvalue weighted by Gasteiger charge is 2.14. The highest BCUT2D eigenvalue weighted by molar-refractivity contribution is 5.82. The monoisotopic (exact) mass is 153 g/mol. The molecule has 1 aromatic heterocycles. The standard InChI is InChI=1S/C7H11N3O/c1-5(11)7(8-2)6-3-9-4-10-6/h3-4,7-8H,1-2H3,(H,9,10). The molecular formula is C7H11N3O. The molecule has 11 heavy (non-hydrogen) atoms. The Bertz CT molecular complexity index is 230. The minimum absolute atomic E-state index is 0.0803. The van der Waals surface area contributed by atoms with Gasteiger partial charge in [0, 0.05) is 6.20 Å². The average Bonchev–Trinajstić information content (AvgIpc) is 2.40. The lowest BCUT2D eigenvalue weighted by Gasteiger charge is -2.08. The van der Waals surface area contributed by atoms with E-state index in [2.05, 4.69) is 15.3 Å². The van der Waals surface area contributed by atoms with Crippen LogP contribution >= 0.6 is 0 Å². The van der Waals surface area contributed by atoms with E-state index in [1.54, 1.807) is 26.5 Å². The summed E-state index contributed by atoms with van der Waals surface area (Å²) in [6.07, 6.45) is 3.20. The van der Waals surface area contributed by atoms with Gasteiger partial charge >= 0.3 is 0 Å². The van der Waals surface area contributed by atoms with Crippen LogP contribution < -0.4 is 5.32 Å². The Hall–Kier alpha value is -1.16. The Kier molecular flexibility index (Phi) is 2.38. The molecule has 60 valence electrons. The van der Waals surface area contributed by atoms with E-state index in [0.717, 1.165) is 5.69 Å². The van der Waals surface area contributed by atoms with Crippen LogP contribution in [0.1, 0.15) is 18.7 Å². The number of Topliss-reactive ketones (excluding diaryl/α,β-unsaturated/α-hetero) is 1. The van der Waals surface area contributed by atoms with E-state index in [1.807, 2.05) is 0 Å². The van der Waals surface area contributed by atoms with E-state index in [9.17, 15) is 4.79 Å². The number of carbonyl (C=O) groups is 1. The van der Waals surface area contributed by atoms with Crippen molar-refractivity contribution in [2.24, 2.45) is 0 Å². The molecule has 1 unspecified atom stereocenters. The van der Waals surface area contributed by atoms with E-state index in [0.29, 0.717) is 0 Å². The fraction of sp³-hybridized carbons (Fsp3) is 0.429. The first kappa shape index (κ1) is 7.94. The number of nitrogens with zero attached hydrogens (tertiary/aromatic N) is 1. The molecule has 1 atom stereocenters. The van der Waals surface area contributed by atoms with E-state index >= 15 is 0 Å². The van der Waals surface area contributed by atoms with Gasteiger partial charge in [-0.15, -0.1) is 0 Å². The first-order valence-electron chi connectivity index (χ1n) is 3.41. The predicted octanol–water partition coefficient (Wildman–Crippen LogP) is 0.259. The van der Waals surface area contributed by atoms with Gasteiger partial charge in [-0.3, -0.25) is 4.79 Å². The number of H-pyrrole nitrogens is 1. The second-order valence-electron chi connectivity index (χ2n) is 2.34. The Labute approximate surface area is 65.0 Å². The minimum Gasteiger partial charge on any atom is -0.347 e. The average molecular weight is 153 g/mol. The first-order valence-corrected chi connectivity index (χ1v) is 3.41. The maximum absolute atomic E-state index is 11.0. The van der Waals surface area contributed by atoms with Gasteiger partial charge in [-0.25, -0.2) is 4.98 Å². The first-order chi connectivity index (χ1) is 5.25. The van der Waals surface area contributed by atoms with Crippen LogP contribution in [0.2, 0.25) is 0 Å². The normalized spacial score (nSPS) is 12.9. The van der Waals surface area contributed by atoms with E-state index in [4.69, 9.17) is 0 Å². The smallest absolute Gasteiger partial charge is 0.152 e. The molecule has 0 saturated heterocycles. The third-order valence-electron chi connectivity index (χ3n) is 1.53. The van der Waals surface area contributed by atoms with Crippen molar-refractivity contribution in [2.45, 2.75) is 13.0 Å². The number of ketones is 1. The summed E-state index contributed by atoms with van der Waals surface area (Å²) < 4.78 is 0. The zero-order valence-electron chi connectivity index (χ0n) is 6.59. The number of imidazole rings is 1. The second-order valence-corrected chi connectivity index (χ2v) is 2.34. The summed E-state index contributed by atoms with van der Waals surface area (Å²) in [6, 6.07) is -0.252. The fourth-order valence-corrected chi connectivity index (χ4v) is 1.00. The van der Waals surface area contributed by atoms with Crippen molar-refractivity contribution in [3.8, 4) is 0 Å². The maximum Gasteiger partial charge on any atom is 0.152 e. The van der Waals surface area contributed by atoms with Gasteiger partial charge in [-0.05, 0) is 14.0 Å². The fourth-order valence-electron chi connectivity index (χ4n) is 1.00. The lowest BCUT2D eigenvalue weighted by atomic mass is 10.1. The van der Waals surface area contributed by atoms with Crippen LogP contribution in [0, 0.1) is 0 Å². The Morgan fingerprint density at radius 2 is 2.55 bits per heavy atom. The lowest BCUT2D eigenvalue weighted by molar-refractivity contribution is -0.119. The van der Waals surface area contributed by atoms with Crippen molar-refractivity contribution in [2.75, 3.05) is 7.05 Å². The van der Waals surface area contributed by atoms with Gasteiger partial charge in [0.05, 0.1) is 12.0 Å². The summed E-state index contributed by atoms with van der Waals surface area (Å²) in [4.78, 5) is 17.7. The molecule has 0 aliphatic rings.